The van der Waals surface area contributed by atoms with Gasteiger partial charge in [0, 0.05) is 34.4 Å². The van der Waals surface area contributed by atoms with Gasteiger partial charge in [0.25, 0.3) is 0 Å². The second kappa shape index (κ2) is 38.2. The molecule has 0 aliphatic rings. The summed E-state index contributed by atoms with van der Waals surface area (Å²) in [4.78, 5) is 0. The molecule has 0 heterocycles. The largest absolute Gasteiger partial charge is 0.493 e. The minimum absolute atomic E-state index is 0.322. The molecule has 4 rings (SSSR count). The molecule has 0 radical (unpaired) electrons. The zero-order valence-corrected chi connectivity index (χ0v) is 54.0. The van der Waals surface area contributed by atoms with Crippen LogP contribution in [0.5, 0.6) is 40.2 Å². The Hall–Kier alpha value is -3.56. The third kappa shape index (κ3) is 29.2. The maximum Gasteiger partial charge on any atom is 0.124 e. The topological polar surface area (TPSA) is 64.6 Å². The molecule has 9 heteroatoms. The molecule has 0 spiro atoms. The summed E-state index contributed by atoms with van der Waals surface area (Å²) in [5.41, 5.74) is 5.14. The normalized spacial score (nSPS) is 13.3. The van der Waals surface area contributed by atoms with Gasteiger partial charge in [-0.3, -0.25) is 0 Å². The molecule has 78 heavy (non-hydrogen) atoms. The van der Waals surface area contributed by atoms with E-state index in [4.69, 9.17) is 33.2 Å². The maximum absolute atomic E-state index is 6.72. The Kier molecular flexibility index (Phi) is 32.8. The molecule has 0 saturated carbocycles. The number of alkyl halides is 2. The highest BCUT2D eigenvalue weighted by Gasteiger charge is 2.15. The SMILES string of the molecule is CC(C)CCCC(C)CCOc1cc(COc2cc(COc3cc(CBr)ccc3CBr)cc(OCc3cc(OCCC(C)CCCC(C)C)cc(OCCC(C)CCCC(C)C)c3)c2)cc(OCCC(C)CCCC(C)C)c1. The van der Waals surface area contributed by atoms with Gasteiger partial charge in [0.05, 0.1) is 26.4 Å². The Balaban J connectivity index is 1.58. The van der Waals surface area contributed by atoms with Crippen LogP contribution in [-0.2, 0) is 30.5 Å². The highest BCUT2D eigenvalue weighted by Crippen LogP contribution is 2.32. The van der Waals surface area contributed by atoms with Gasteiger partial charge in [-0.25, -0.2) is 0 Å². The summed E-state index contributed by atoms with van der Waals surface area (Å²) in [5.74, 6) is 10.8. The molecule has 0 amide bonds. The van der Waals surface area contributed by atoms with Crippen molar-refractivity contribution >= 4 is 31.9 Å². The summed E-state index contributed by atoms with van der Waals surface area (Å²) < 4.78 is 46.0. The van der Waals surface area contributed by atoms with Crippen molar-refractivity contribution in [2.24, 2.45) is 47.3 Å². The summed E-state index contributed by atoms with van der Waals surface area (Å²) >= 11 is 7.31. The first-order chi connectivity index (χ1) is 37.5. The van der Waals surface area contributed by atoms with E-state index in [0.717, 1.165) is 111 Å². The van der Waals surface area contributed by atoms with E-state index in [1.54, 1.807) is 0 Å². The lowest BCUT2D eigenvalue weighted by atomic mass is 9.98. The molecular weight excluding hydrogens is 1100 g/mol. The Bertz CT molecular complexity index is 2010. The Morgan fingerprint density at radius 2 is 0.590 bits per heavy atom. The first kappa shape index (κ1) is 66.9. The average molecular weight is 1210 g/mol. The van der Waals surface area contributed by atoms with Gasteiger partial charge in [-0.05, 0) is 138 Å². The van der Waals surface area contributed by atoms with Crippen LogP contribution < -0.4 is 33.2 Å². The molecule has 438 valence electrons. The van der Waals surface area contributed by atoms with Gasteiger partial charge < -0.3 is 33.2 Å². The summed E-state index contributed by atoms with van der Waals surface area (Å²) in [6, 6.07) is 25.0. The molecule has 4 aromatic carbocycles. The van der Waals surface area contributed by atoms with Crippen molar-refractivity contribution in [1.82, 2.24) is 0 Å². The van der Waals surface area contributed by atoms with Crippen molar-refractivity contribution < 1.29 is 33.2 Å². The molecule has 0 aliphatic carbocycles. The molecular formula is C69H106Br2O7. The van der Waals surface area contributed by atoms with Gasteiger partial charge in [0.15, 0.2) is 0 Å². The van der Waals surface area contributed by atoms with E-state index in [-0.39, 0.29) is 0 Å². The van der Waals surface area contributed by atoms with Crippen molar-refractivity contribution in [2.45, 2.75) is 216 Å². The second-order valence-corrected chi connectivity index (χ2v) is 25.9. The van der Waals surface area contributed by atoms with Gasteiger partial charge in [-0.1, -0.05) is 204 Å². The van der Waals surface area contributed by atoms with Crippen LogP contribution in [-0.4, -0.2) is 26.4 Å². The molecule has 4 aromatic rings. The van der Waals surface area contributed by atoms with E-state index < -0.39 is 0 Å². The Morgan fingerprint density at radius 3 is 0.872 bits per heavy atom. The van der Waals surface area contributed by atoms with E-state index in [1.165, 1.54) is 77.0 Å². The number of hydrogen-bond acceptors (Lipinski definition) is 7. The van der Waals surface area contributed by atoms with Crippen LogP contribution in [0.3, 0.4) is 0 Å². The van der Waals surface area contributed by atoms with Gasteiger partial charge in [-0.2, -0.15) is 0 Å². The number of hydrogen-bond donors (Lipinski definition) is 0. The monoisotopic (exact) mass is 1200 g/mol. The molecule has 0 aliphatic heterocycles. The lowest BCUT2D eigenvalue weighted by molar-refractivity contribution is 0.259. The third-order valence-corrected chi connectivity index (χ3v) is 16.1. The standard InChI is InChI=1S/C69H106Br2O7/c1-50(2)17-13-21-54(9)27-31-72-63-35-59(36-64(42-63)73-32-28-55(10)22-14-18-51(3)4)47-76-67-39-61(49-78-69-41-58(45-70)25-26-62(69)46-71)40-68(44-67)77-48-60-37-65(74-33-29-56(11)23-15-19-52(5)6)43-66(38-60)75-34-30-57(12)24-16-20-53(7)8/h25-26,35-44,50-57H,13-24,27-34,45-49H2,1-12H3. The van der Waals surface area contributed by atoms with E-state index in [9.17, 15) is 0 Å². The van der Waals surface area contributed by atoms with Crippen molar-refractivity contribution in [3.8, 4) is 40.2 Å². The summed E-state index contributed by atoms with van der Waals surface area (Å²) in [6.45, 7) is 31.5. The molecule has 0 aromatic heterocycles. The number of benzene rings is 4. The fraction of sp³-hybridized carbons (Fsp3) is 0.652. The van der Waals surface area contributed by atoms with Gasteiger partial charge >= 0.3 is 0 Å². The van der Waals surface area contributed by atoms with Crippen molar-refractivity contribution in [3.63, 3.8) is 0 Å². The molecule has 0 fully saturated rings. The molecule has 0 saturated heterocycles. The number of halogens is 2. The predicted octanol–water partition coefficient (Wildman–Crippen LogP) is 21.1. The van der Waals surface area contributed by atoms with E-state index in [2.05, 4.69) is 170 Å². The van der Waals surface area contributed by atoms with Crippen LogP contribution in [0.25, 0.3) is 0 Å². The van der Waals surface area contributed by atoms with Gasteiger partial charge in [0.1, 0.15) is 60.1 Å². The van der Waals surface area contributed by atoms with Crippen molar-refractivity contribution in [1.29, 1.82) is 0 Å². The number of ether oxygens (including phenoxy) is 7. The fourth-order valence-electron chi connectivity index (χ4n) is 9.65. The third-order valence-electron chi connectivity index (χ3n) is 14.9. The average Bonchev–Trinajstić information content (AvgIpc) is 3.38. The quantitative estimate of drug-likeness (QED) is 0.0409. The van der Waals surface area contributed by atoms with Crippen LogP contribution in [0.4, 0.5) is 0 Å². The Morgan fingerprint density at radius 1 is 0.295 bits per heavy atom. The maximum atomic E-state index is 6.72. The van der Waals surface area contributed by atoms with Crippen LogP contribution in [0.1, 0.15) is 214 Å². The predicted molar refractivity (Wildman–Crippen MR) is 336 cm³/mol. The van der Waals surface area contributed by atoms with Gasteiger partial charge in [0.2, 0.25) is 0 Å². The Labute approximate surface area is 493 Å². The molecule has 0 bridgehead atoms. The summed E-state index contributed by atoms with van der Waals surface area (Å²) in [5, 5.41) is 1.43. The smallest absolute Gasteiger partial charge is 0.124 e. The minimum Gasteiger partial charge on any atom is -0.493 e. The van der Waals surface area contributed by atoms with Gasteiger partial charge in [-0.15, -0.1) is 0 Å². The van der Waals surface area contributed by atoms with Crippen LogP contribution >= 0.6 is 31.9 Å². The zero-order valence-electron chi connectivity index (χ0n) is 50.8. The van der Waals surface area contributed by atoms with Crippen molar-refractivity contribution in [2.75, 3.05) is 26.4 Å². The van der Waals surface area contributed by atoms with Crippen LogP contribution in [0, 0.1) is 47.3 Å². The zero-order chi connectivity index (χ0) is 56.7. The van der Waals surface area contributed by atoms with E-state index in [0.29, 0.717) is 86.7 Å². The molecule has 0 N–H and O–H groups in total. The fourth-order valence-corrected chi connectivity index (χ4v) is 10.5. The summed E-state index contributed by atoms with van der Waals surface area (Å²) in [6.07, 6.45) is 19.1. The van der Waals surface area contributed by atoms with Crippen LogP contribution in [0.2, 0.25) is 0 Å². The molecule has 7 nitrogen and oxygen atoms in total. The second-order valence-electron chi connectivity index (χ2n) is 24.8. The van der Waals surface area contributed by atoms with Crippen molar-refractivity contribution in [3.05, 3.63) is 101 Å². The first-order valence-electron chi connectivity index (χ1n) is 30.5. The number of rotatable bonds is 43. The highest BCUT2D eigenvalue weighted by atomic mass is 79.9. The van der Waals surface area contributed by atoms with Crippen LogP contribution in [0.15, 0.2) is 72.8 Å². The molecule has 4 atom stereocenters. The van der Waals surface area contributed by atoms with E-state index >= 15 is 0 Å². The lowest BCUT2D eigenvalue weighted by Gasteiger charge is -2.18. The highest BCUT2D eigenvalue weighted by molar-refractivity contribution is 9.08. The molecule has 4 unspecified atom stereocenters. The van der Waals surface area contributed by atoms with E-state index in [1.807, 2.05) is 18.2 Å². The first-order valence-corrected chi connectivity index (χ1v) is 32.8. The summed E-state index contributed by atoms with van der Waals surface area (Å²) in [7, 11) is 0. The lowest BCUT2D eigenvalue weighted by Crippen LogP contribution is -2.08. The minimum atomic E-state index is 0.322.